The van der Waals surface area contributed by atoms with E-state index in [1.807, 2.05) is 48.7 Å². The number of hydrogen-bond donors (Lipinski definition) is 1. The lowest BCUT2D eigenvalue weighted by molar-refractivity contribution is 0.102. The van der Waals surface area contributed by atoms with Crippen molar-refractivity contribution in [3.05, 3.63) is 72.4 Å². The van der Waals surface area contributed by atoms with E-state index in [4.69, 9.17) is 0 Å². The van der Waals surface area contributed by atoms with Gasteiger partial charge in [-0.25, -0.2) is 9.97 Å². The molecule has 0 spiro atoms. The van der Waals surface area contributed by atoms with Crippen LogP contribution >= 0.6 is 23.1 Å². The first-order valence-electron chi connectivity index (χ1n) is 8.01. The molecular formula is C20H15N3OS2. The molecule has 128 valence electrons. The fourth-order valence-corrected chi connectivity index (χ4v) is 4.13. The highest BCUT2D eigenvalue weighted by molar-refractivity contribution is 7.98. The van der Waals surface area contributed by atoms with Crippen molar-refractivity contribution in [1.82, 2.24) is 9.97 Å². The standard InChI is InChI=1S/C20H15N3OS2/c1-25-20-15(5-4-12-21-20)18(24)22-14-10-8-13(9-11-14)19-23-16-6-2-3-7-17(16)26-19/h2-12H,1H3,(H,22,24). The Morgan fingerprint density at radius 1 is 1.04 bits per heavy atom. The van der Waals surface area contributed by atoms with Gasteiger partial charge in [0.15, 0.2) is 0 Å². The Labute approximate surface area is 159 Å². The number of pyridine rings is 1. The van der Waals surface area contributed by atoms with E-state index in [0.717, 1.165) is 26.8 Å². The number of anilines is 1. The molecule has 2 heterocycles. The highest BCUT2D eigenvalue weighted by atomic mass is 32.2. The number of rotatable bonds is 4. The Kier molecular flexibility index (Phi) is 4.69. The highest BCUT2D eigenvalue weighted by Gasteiger charge is 2.12. The molecule has 0 saturated carbocycles. The SMILES string of the molecule is CSc1ncccc1C(=O)Nc1ccc(-c2nc3ccccc3s2)cc1. The van der Waals surface area contributed by atoms with E-state index in [1.54, 1.807) is 29.7 Å². The summed E-state index contributed by atoms with van der Waals surface area (Å²) >= 11 is 3.12. The van der Waals surface area contributed by atoms with E-state index in [0.29, 0.717) is 5.56 Å². The molecule has 1 amide bonds. The van der Waals surface area contributed by atoms with Crippen LogP contribution in [0.25, 0.3) is 20.8 Å². The van der Waals surface area contributed by atoms with Crippen LogP contribution in [-0.4, -0.2) is 22.1 Å². The fourth-order valence-electron chi connectivity index (χ4n) is 2.62. The van der Waals surface area contributed by atoms with Gasteiger partial charge in [-0.05, 0) is 54.8 Å². The van der Waals surface area contributed by atoms with Crippen LogP contribution in [0.4, 0.5) is 5.69 Å². The number of nitrogens with zero attached hydrogens (tertiary/aromatic N) is 2. The van der Waals surface area contributed by atoms with Crippen LogP contribution in [0.15, 0.2) is 71.9 Å². The molecule has 4 nitrogen and oxygen atoms in total. The lowest BCUT2D eigenvalue weighted by atomic mass is 10.2. The van der Waals surface area contributed by atoms with Gasteiger partial charge in [-0.2, -0.15) is 0 Å². The van der Waals surface area contributed by atoms with Crippen molar-refractivity contribution in [2.45, 2.75) is 5.03 Å². The van der Waals surface area contributed by atoms with Gasteiger partial charge in [-0.15, -0.1) is 23.1 Å². The summed E-state index contributed by atoms with van der Waals surface area (Å²) in [5, 5.41) is 4.62. The molecule has 2 aromatic carbocycles. The average Bonchev–Trinajstić information content (AvgIpc) is 3.12. The Morgan fingerprint density at radius 2 is 1.85 bits per heavy atom. The molecule has 0 unspecified atom stereocenters. The Balaban J connectivity index is 1.55. The second-order valence-corrected chi connectivity index (χ2v) is 7.40. The number of fused-ring (bicyclic) bond motifs is 1. The van der Waals surface area contributed by atoms with Gasteiger partial charge in [0.05, 0.1) is 15.8 Å². The molecule has 0 aliphatic carbocycles. The minimum atomic E-state index is -0.157. The lowest BCUT2D eigenvalue weighted by Crippen LogP contribution is -2.13. The van der Waals surface area contributed by atoms with Gasteiger partial charge in [0.2, 0.25) is 0 Å². The number of amides is 1. The zero-order valence-electron chi connectivity index (χ0n) is 14.0. The van der Waals surface area contributed by atoms with Crippen molar-refractivity contribution in [2.75, 3.05) is 11.6 Å². The monoisotopic (exact) mass is 377 g/mol. The molecule has 0 aliphatic rings. The summed E-state index contributed by atoms with van der Waals surface area (Å²) < 4.78 is 1.17. The number of benzene rings is 2. The average molecular weight is 377 g/mol. The summed E-state index contributed by atoms with van der Waals surface area (Å²) in [4.78, 5) is 21.4. The molecule has 0 saturated heterocycles. The van der Waals surface area contributed by atoms with Crippen LogP contribution < -0.4 is 5.32 Å². The third-order valence-corrected chi connectivity index (χ3v) is 5.69. The molecule has 0 fully saturated rings. The molecule has 2 aromatic heterocycles. The van der Waals surface area contributed by atoms with Crippen LogP contribution in [0.3, 0.4) is 0 Å². The van der Waals surface area contributed by atoms with E-state index in [9.17, 15) is 4.79 Å². The maximum atomic E-state index is 12.5. The summed E-state index contributed by atoms with van der Waals surface area (Å²) in [6.07, 6.45) is 3.60. The summed E-state index contributed by atoms with van der Waals surface area (Å²) in [6, 6.07) is 19.4. The molecule has 0 bridgehead atoms. The smallest absolute Gasteiger partial charge is 0.258 e. The molecule has 6 heteroatoms. The van der Waals surface area contributed by atoms with E-state index in [2.05, 4.69) is 21.4 Å². The van der Waals surface area contributed by atoms with Gasteiger partial charge in [-0.1, -0.05) is 12.1 Å². The zero-order chi connectivity index (χ0) is 17.9. The minimum Gasteiger partial charge on any atom is -0.322 e. The molecule has 0 aliphatic heterocycles. The second kappa shape index (κ2) is 7.27. The van der Waals surface area contributed by atoms with Crippen molar-refractivity contribution >= 4 is 44.9 Å². The number of nitrogens with one attached hydrogen (secondary N) is 1. The zero-order valence-corrected chi connectivity index (χ0v) is 15.6. The van der Waals surface area contributed by atoms with E-state index >= 15 is 0 Å². The van der Waals surface area contributed by atoms with E-state index < -0.39 is 0 Å². The first kappa shape index (κ1) is 16.8. The quantitative estimate of drug-likeness (QED) is 0.488. The van der Waals surface area contributed by atoms with Crippen molar-refractivity contribution in [1.29, 1.82) is 0 Å². The summed E-state index contributed by atoms with van der Waals surface area (Å²) in [5.41, 5.74) is 3.37. The number of carbonyl (C=O) groups is 1. The fraction of sp³-hybridized carbons (Fsp3) is 0.0500. The number of para-hydroxylation sites is 1. The molecule has 26 heavy (non-hydrogen) atoms. The van der Waals surface area contributed by atoms with E-state index in [1.165, 1.54) is 16.5 Å². The van der Waals surface area contributed by atoms with Crippen LogP contribution in [-0.2, 0) is 0 Å². The Hall–Kier alpha value is -2.70. The first-order valence-corrected chi connectivity index (χ1v) is 10.0. The predicted molar refractivity (Wildman–Crippen MR) is 109 cm³/mol. The van der Waals surface area contributed by atoms with Crippen LogP contribution in [0.2, 0.25) is 0 Å². The Morgan fingerprint density at radius 3 is 2.62 bits per heavy atom. The third-order valence-electron chi connectivity index (χ3n) is 3.89. The van der Waals surface area contributed by atoms with E-state index in [-0.39, 0.29) is 5.91 Å². The van der Waals surface area contributed by atoms with Gasteiger partial charge in [-0.3, -0.25) is 4.79 Å². The van der Waals surface area contributed by atoms with Gasteiger partial charge in [0, 0.05) is 17.4 Å². The number of thiazole rings is 1. The van der Waals surface area contributed by atoms with Crippen LogP contribution in [0.5, 0.6) is 0 Å². The molecule has 0 atom stereocenters. The largest absolute Gasteiger partial charge is 0.322 e. The van der Waals surface area contributed by atoms with Crippen molar-refractivity contribution < 1.29 is 4.79 Å². The van der Waals surface area contributed by atoms with Gasteiger partial charge in [0.25, 0.3) is 5.91 Å². The van der Waals surface area contributed by atoms with Crippen molar-refractivity contribution in [3.8, 4) is 10.6 Å². The normalized spacial score (nSPS) is 10.8. The van der Waals surface area contributed by atoms with Gasteiger partial charge < -0.3 is 5.32 Å². The highest BCUT2D eigenvalue weighted by Crippen LogP contribution is 2.30. The first-order chi connectivity index (χ1) is 12.7. The Bertz CT molecular complexity index is 1040. The summed E-state index contributed by atoms with van der Waals surface area (Å²) in [7, 11) is 0. The topological polar surface area (TPSA) is 54.9 Å². The molecular weight excluding hydrogens is 362 g/mol. The molecule has 4 rings (SSSR count). The van der Waals surface area contributed by atoms with Crippen molar-refractivity contribution in [2.24, 2.45) is 0 Å². The van der Waals surface area contributed by atoms with Gasteiger partial charge in [0.1, 0.15) is 10.0 Å². The second-order valence-electron chi connectivity index (χ2n) is 5.58. The number of thioether (sulfide) groups is 1. The number of hydrogen-bond acceptors (Lipinski definition) is 5. The van der Waals surface area contributed by atoms with Crippen molar-refractivity contribution in [3.63, 3.8) is 0 Å². The summed E-state index contributed by atoms with van der Waals surface area (Å²) in [6.45, 7) is 0. The maximum absolute atomic E-state index is 12.5. The predicted octanol–water partition coefficient (Wildman–Crippen LogP) is 5.33. The lowest BCUT2D eigenvalue weighted by Gasteiger charge is -2.08. The molecule has 1 N–H and O–H groups in total. The summed E-state index contributed by atoms with van der Waals surface area (Å²) in [5.74, 6) is -0.157. The maximum Gasteiger partial charge on any atom is 0.258 e. The van der Waals surface area contributed by atoms with Gasteiger partial charge >= 0.3 is 0 Å². The minimum absolute atomic E-state index is 0.157. The number of carbonyl (C=O) groups excluding carboxylic acids is 1. The molecule has 4 aromatic rings. The van der Waals surface area contributed by atoms with Crippen LogP contribution in [0, 0.1) is 0 Å². The van der Waals surface area contributed by atoms with Crippen LogP contribution in [0.1, 0.15) is 10.4 Å². The third kappa shape index (κ3) is 3.34. The number of aromatic nitrogens is 2. The molecule has 0 radical (unpaired) electrons.